The normalized spacial score (nSPS) is 14.3. The molecule has 166 valence electrons. The number of alkyl halides is 1. The van der Waals surface area contributed by atoms with E-state index in [0.29, 0.717) is 5.56 Å². The van der Waals surface area contributed by atoms with E-state index in [0.717, 1.165) is 34.0 Å². The number of ether oxygens (including phenoxy) is 1. The lowest BCUT2D eigenvalue weighted by molar-refractivity contribution is -0.162. The summed E-state index contributed by atoms with van der Waals surface area (Å²) in [5.41, 5.74) is -1.48. The molecule has 33 heavy (non-hydrogen) atoms. The lowest BCUT2D eigenvalue weighted by Gasteiger charge is -2.28. The Morgan fingerprint density at radius 3 is 2.06 bits per heavy atom. The number of halogens is 1. The second kappa shape index (κ2) is 9.37. The van der Waals surface area contributed by atoms with Crippen molar-refractivity contribution in [3.63, 3.8) is 0 Å². The van der Waals surface area contributed by atoms with Gasteiger partial charge in [0, 0.05) is 0 Å². The average Bonchev–Trinajstić information content (AvgIpc) is 2.83. The number of rotatable bonds is 7. The molecular formula is C29H25FO3. The van der Waals surface area contributed by atoms with E-state index in [9.17, 15) is 9.59 Å². The van der Waals surface area contributed by atoms with Crippen molar-refractivity contribution in [1.82, 2.24) is 0 Å². The summed E-state index contributed by atoms with van der Waals surface area (Å²) < 4.78 is 21.3. The number of esters is 1. The molecule has 0 aliphatic heterocycles. The van der Waals surface area contributed by atoms with Crippen LogP contribution in [0.2, 0.25) is 0 Å². The highest BCUT2D eigenvalue weighted by atomic mass is 19.1. The van der Waals surface area contributed by atoms with Crippen LogP contribution in [0.25, 0.3) is 27.6 Å². The van der Waals surface area contributed by atoms with E-state index >= 15 is 4.39 Å². The first kappa shape index (κ1) is 22.4. The molecule has 0 N–H and O–H groups in total. The number of fused-ring (bicyclic) bond motifs is 2. The highest BCUT2D eigenvalue weighted by molar-refractivity contribution is 6.08. The zero-order valence-electron chi connectivity index (χ0n) is 18.6. The molecule has 4 heteroatoms. The quantitative estimate of drug-likeness (QED) is 0.239. The molecule has 4 aromatic rings. The van der Waals surface area contributed by atoms with E-state index < -0.39 is 23.3 Å². The predicted molar refractivity (Wildman–Crippen MR) is 131 cm³/mol. The Balaban J connectivity index is 1.83. The third-order valence-corrected chi connectivity index (χ3v) is 5.90. The number of hydrogen-bond acceptors (Lipinski definition) is 3. The summed E-state index contributed by atoms with van der Waals surface area (Å²) in [5.74, 6) is -3.20. The third-order valence-electron chi connectivity index (χ3n) is 5.90. The number of hydrogen-bond donors (Lipinski definition) is 0. The number of allylic oxidation sites excluding steroid dienone is 1. The lowest BCUT2D eigenvalue weighted by Crippen LogP contribution is -2.47. The lowest BCUT2D eigenvalue weighted by atomic mass is 9.79. The van der Waals surface area contributed by atoms with Crippen molar-refractivity contribution < 1.29 is 18.7 Å². The van der Waals surface area contributed by atoms with Crippen molar-refractivity contribution in [3.05, 3.63) is 102 Å². The van der Waals surface area contributed by atoms with E-state index in [1.165, 1.54) is 0 Å². The minimum absolute atomic E-state index is 0.0172. The molecule has 0 aromatic heterocycles. The largest absolute Gasteiger partial charge is 0.463 e. The van der Waals surface area contributed by atoms with Gasteiger partial charge in [0.05, 0.1) is 12.5 Å². The smallest absolute Gasteiger partial charge is 0.352 e. The van der Waals surface area contributed by atoms with Crippen molar-refractivity contribution in [2.75, 3.05) is 6.61 Å². The summed E-state index contributed by atoms with van der Waals surface area (Å²) in [6, 6.07) is 27.0. The Bertz CT molecular complexity index is 1360. The fourth-order valence-corrected chi connectivity index (χ4v) is 4.12. The molecule has 0 heterocycles. The Labute approximate surface area is 192 Å². The molecule has 0 amide bonds. The van der Waals surface area contributed by atoms with Crippen LogP contribution in [0.5, 0.6) is 0 Å². The van der Waals surface area contributed by atoms with Crippen LogP contribution in [0.15, 0.2) is 91.0 Å². The van der Waals surface area contributed by atoms with Crippen LogP contribution in [0.1, 0.15) is 30.9 Å². The van der Waals surface area contributed by atoms with E-state index in [-0.39, 0.29) is 6.61 Å². The van der Waals surface area contributed by atoms with Crippen LogP contribution in [0, 0.1) is 0 Å². The van der Waals surface area contributed by atoms with Crippen LogP contribution in [0.3, 0.4) is 0 Å². The van der Waals surface area contributed by atoms with Gasteiger partial charge in [0.2, 0.25) is 0 Å². The van der Waals surface area contributed by atoms with Gasteiger partial charge in [0.25, 0.3) is 5.67 Å². The number of benzene rings is 4. The Kier molecular flexibility index (Phi) is 6.36. The highest BCUT2D eigenvalue weighted by Gasteiger charge is 2.52. The number of carbonyl (C=O) groups excluding carboxylic acids is 2. The van der Waals surface area contributed by atoms with Crippen molar-refractivity contribution in [2.24, 2.45) is 0 Å². The molecule has 2 atom stereocenters. The van der Waals surface area contributed by atoms with Gasteiger partial charge in [-0.15, -0.1) is 0 Å². The maximum atomic E-state index is 16.3. The van der Waals surface area contributed by atoms with Crippen LogP contribution >= 0.6 is 0 Å². The Hall–Kier alpha value is -3.79. The summed E-state index contributed by atoms with van der Waals surface area (Å²) in [7, 11) is 0. The minimum atomic E-state index is -2.84. The third kappa shape index (κ3) is 4.42. The molecule has 0 saturated carbocycles. The van der Waals surface area contributed by atoms with Gasteiger partial charge in [-0.25, -0.2) is 9.18 Å². The van der Waals surface area contributed by atoms with E-state index in [1.807, 2.05) is 78.9 Å². The van der Waals surface area contributed by atoms with E-state index in [4.69, 9.17) is 4.74 Å². The first-order valence-electron chi connectivity index (χ1n) is 11.0. The van der Waals surface area contributed by atoms with Gasteiger partial charge in [-0.1, -0.05) is 91.0 Å². The van der Waals surface area contributed by atoms with E-state index in [1.54, 1.807) is 25.1 Å². The second-order valence-electron chi connectivity index (χ2n) is 8.04. The van der Waals surface area contributed by atoms with Gasteiger partial charge in [0.1, 0.15) is 0 Å². The Morgan fingerprint density at radius 2 is 1.45 bits per heavy atom. The number of Topliss-reactive ketones (excluding diaryl/α,β-unsaturated/α-hetero) is 1. The van der Waals surface area contributed by atoms with Gasteiger partial charge in [-0.05, 0) is 52.6 Å². The summed E-state index contributed by atoms with van der Waals surface area (Å²) >= 11 is 0. The molecule has 0 aliphatic carbocycles. The maximum absolute atomic E-state index is 16.3. The predicted octanol–water partition coefficient (Wildman–Crippen LogP) is 6.65. The summed E-state index contributed by atoms with van der Waals surface area (Å²) in [4.78, 5) is 25.3. The molecule has 0 spiro atoms. The molecule has 3 nitrogen and oxygen atoms in total. The van der Waals surface area contributed by atoms with Crippen molar-refractivity contribution in [1.29, 1.82) is 0 Å². The molecule has 0 bridgehead atoms. The van der Waals surface area contributed by atoms with Gasteiger partial charge in [0.15, 0.2) is 5.78 Å². The van der Waals surface area contributed by atoms with Gasteiger partial charge >= 0.3 is 5.97 Å². The van der Waals surface area contributed by atoms with Gasteiger partial charge in [-0.2, -0.15) is 0 Å². The fourth-order valence-electron chi connectivity index (χ4n) is 4.12. The number of carbonyl (C=O) groups is 2. The first-order chi connectivity index (χ1) is 15.9. The zero-order chi connectivity index (χ0) is 23.4. The number of ketones is 1. The highest BCUT2D eigenvalue weighted by Crippen LogP contribution is 2.37. The van der Waals surface area contributed by atoms with Crippen molar-refractivity contribution in [3.8, 4) is 0 Å². The van der Waals surface area contributed by atoms with E-state index in [2.05, 4.69) is 0 Å². The van der Waals surface area contributed by atoms with Crippen LogP contribution in [0.4, 0.5) is 4.39 Å². The van der Waals surface area contributed by atoms with Crippen LogP contribution in [-0.2, 0) is 14.3 Å². The van der Waals surface area contributed by atoms with Gasteiger partial charge < -0.3 is 4.74 Å². The molecule has 0 fully saturated rings. The molecule has 0 aliphatic rings. The molecule has 0 saturated heterocycles. The second-order valence-corrected chi connectivity index (χ2v) is 8.04. The first-order valence-corrected chi connectivity index (χ1v) is 11.0. The fraction of sp³-hybridized carbons (Fsp3) is 0.172. The summed E-state index contributed by atoms with van der Waals surface area (Å²) in [5, 5.41) is 4.02. The van der Waals surface area contributed by atoms with Crippen LogP contribution < -0.4 is 0 Å². The summed E-state index contributed by atoms with van der Waals surface area (Å²) in [6.07, 6.45) is 3.34. The minimum Gasteiger partial charge on any atom is -0.463 e. The topological polar surface area (TPSA) is 43.4 Å². The molecule has 4 aromatic carbocycles. The van der Waals surface area contributed by atoms with Crippen molar-refractivity contribution >= 4 is 39.4 Å². The Morgan fingerprint density at radius 1 is 0.879 bits per heavy atom. The zero-order valence-corrected chi connectivity index (χ0v) is 18.6. The van der Waals surface area contributed by atoms with Gasteiger partial charge in [-0.3, -0.25) is 4.79 Å². The SMILES string of the molecule is CCOC(=O)C(F)(C(C)=O)C(/C=C/c1ccc2ccccc2c1)c1ccc2ccccc2c1. The molecule has 0 radical (unpaired) electrons. The average molecular weight is 441 g/mol. The summed E-state index contributed by atoms with van der Waals surface area (Å²) in [6.45, 7) is 2.67. The maximum Gasteiger partial charge on any atom is 0.352 e. The van der Waals surface area contributed by atoms with Crippen LogP contribution in [-0.4, -0.2) is 24.0 Å². The molecule has 2 unspecified atom stereocenters. The van der Waals surface area contributed by atoms with Crippen molar-refractivity contribution in [2.45, 2.75) is 25.4 Å². The standard InChI is InChI=1S/C29H25FO3/c1-3-33-28(32)29(30,20(2)31)27(26-16-15-23-9-5-7-11-25(23)19-26)17-13-21-12-14-22-8-4-6-10-24(22)18-21/h4-19,27H,3H2,1-2H3/b17-13+. The monoisotopic (exact) mass is 440 g/mol. The molecular weight excluding hydrogens is 415 g/mol. The molecule has 4 rings (SSSR count).